The molecule has 0 saturated carbocycles. The molecule has 1 atom stereocenters. The largest absolute Gasteiger partial charge is 0.327 e. The second kappa shape index (κ2) is 6.70. The van der Waals surface area contributed by atoms with Crippen LogP contribution in [-0.2, 0) is 15.8 Å². The summed E-state index contributed by atoms with van der Waals surface area (Å²) in [6.45, 7) is 3.02. The zero-order valence-electron chi connectivity index (χ0n) is 11.1. The summed E-state index contributed by atoms with van der Waals surface area (Å²) in [5.74, 6) is 0.0708. The zero-order chi connectivity index (χ0) is 13.2. The van der Waals surface area contributed by atoms with E-state index in [0.29, 0.717) is 13.1 Å². The van der Waals surface area contributed by atoms with Gasteiger partial charge in [-0.15, -0.1) is 12.4 Å². The minimum Gasteiger partial charge on any atom is -0.327 e. The van der Waals surface area contributed by atoms with Gasteiger partial charge in [0.25, 0.3) is 0 Å². The highest BCUT2D eigenvalue weighted by molar-refractivity contribution is 7.88. The quantitative estimate of drug-likeness (QED) is 0.924. The highest BCUT2D eigenvalue weighted by Crippen LogP contribution is 2.17. The molecule has 1 aliphatic heterocycles. The van der Waals surface area contributed by atoms with E-state index in [-0.39, 0.29) is 24.2 Å². The number of rotatable bonds is 3. The third-order valence-electron chi connectivity index (χ3n) is 3.25. The fourth-order valence-electron chi connectivity index (χ4n) is 2.33. The molecule has 0 spiro atoms. The zero-order valence-corrected chi connectivity index (χ0v) is 12.7. The summed E-state index contributed by atoms with van der Waals surface area (Å²) < 4.78 is 26.1. The van der Waals surface area contributed by atoms with E-state index in [4.69, 9.17) is 5.73 Å². The summed E-state index contributed by atoms with van der Waals surface area (Å²) in [4.78, 5) is 0. The molecule has 0 aromatic heterocycles. The maximum Gasteiger partial charge on any atom is 0.218 e. The van der Waals surface area contributed by atoms with E-state index in [1.54, 1.807) is 0 Å². The van der Waals surface area contributed by atoms with Crippen LogP contribution in [0.5, 0.6) is 0 Å². The standard InChI is InChI=1S/C13H20N2O2S.ClH/c1-11-4-2-5-12(8-11)10-18(16,17)15-7-3-6-13(14)9-15;/h2,4-5,8,13H,3,6-7,9-10,14H2,1H3;1H. The van der Waals surface area contributed by atoms with Crippen LogP contribution in [0.15, 0.2) is 24.3 Å². The Morgan fingerprint density at radius 3 is 2.79 bits per heavy atom. The molecule has 108 valence electrons. The molecule has 0 bridgehead atoms. The lowest BCUT2D eigenvalue weighted by Crippen LogP contribution is -2.46. The highest BCUT2D eigenvalue weighted by Gasteiger charge is 2.27. The number of hydrogen-bond acceptors (Lipinski definition) is 3. The van der Waals surface area contributed by atoms with Crippen LogP contribution >= 0.6 is 12.4 Å². The van der Waals surface area contributed by atoms with Gasteiger partial charge in [-0.1, -0.05) is 29.8 Å². The predicted octanol–water partition coefficient (Wildman–Crippen LogP) is 1.67. The van der Waals surface area contributed by atoms with Crippen LogP contribution in [0.3, 0.4) is 0 Å². The smallest absolute Gasteiger partial charge is 0.218 e. The lowest BCUT2D eigenvalue weighted by Gasteiger charge is -2.29. The molecule has 0 amide bonds. The second-order valence-electron chi connectivity index (χ2n) is 5.01. The molecular weight excluding hydrogens is 284 g/mol. The van der Waals surface area contributed by atoms with Gasteiger partial charge in [-0.25, -0.2) is 12.7 Å². The third-order valence-corrected chi connectivity index (χ3v) is 5.06. The van der Waals surface area contributed by atoms with Crippen LogP contribution in [0.1, 0.15) is 24.0 Å². The van der Waals surface area contributed by atoms with Crippen molar-refractivity contribution < 1.29 is 8.42 Å². The van der Waals surface area contributed by atoms with Crippen molar-refractivity contribution in [1.82, 2.24) is 4.31 Å². The molecule has 1 saturated heterocycles. The molecule has 1 aromatic carbocycles. The summed E-state index contributed by atoms with van der Waals surface area (Å²) in [6, 6.07) is 7.61. The van der Waals surface area contributed by atoms with E-state index in [1.165, 1.54) is 4.31 Å². The molecule has 6 heteroatoms. The number of piperidine rings is 1. The van der Waals surface area contributed by atoms with Crippen LogP contribution in [-0.4, -0.2) is 31.9 Å². The molecule has 1 heterocycles. The fraction of sp³-hybridized carbons (Fsp3) is 0.538. The van der Waals surface area contributed by atoms with Crippen molar-refractivity contribution in [2.45, 2.75) is 31.6 Å². The van der Waals surface area contributed by atoms with Gasteiger partial charge in [0, 0.05) is 19.1 Å². The molecule has 4 nitrogen and oxygen atoms in total. The van der Waals surface area contributed by atoms with Gasteiger partial charge in [0.15, 0.2) is 0 Å². The highest BCUT2D eigenvalue weighted by atomic mass is 35.5. The average molecular weight is 305 g/mol. The number of nitrogens with zero attached hydrogens (tertiary/aromatic N) is 1. The Morgan fingerprint density at radius 1 is 1.42 bits per heavy atom. The van der Waals surface area contributed by atoms with Crippen LogP contribution in [0, 0.1) is 6.92 Å². The Bertz CT molecular complexity index is 519. The molecule has 1 aromatic rings. The number of halogens is 1. The molecular formula is C13H21ClN2O2S. The monoisotopic (exact) mass is 304 g/mol. The number of aryl methyl sites for hydroxylation is 1. The molecule has 0 radical (unpaired) electrons. The van der Waals surface area contributed by atoms with Gasteiger partial charge in [0.2, 0.25) is 10.0 Å². The molecule has 19 heavy (non-hydrogen) atoms. The van der Waals surface area contributed by atoms with E-state index in [2.05, 4.69) is 0 Å². The van der Waals surface area contributed by atoms with Gasteiger partial charge in [0.05, 0.1) is 5.75 Å². The van der Waals surface area contributed by atoms with Gasteiger partial charge >= 0.3 is 0 Å². The SMILES string of the molecule is Cc1cccc(CS(=O)(=O)N2CCCC(N)C2)c1.Cl. The predicted molar refractivity (Wildman–Crippen MR) is 79.8 cm³/mol. The van der Waals surface area contributed by atoms with Crippen LogP contribution in [0.25, 0.3) is 0 Å². The van der Waals surface area contributed by atoms with Crippen molar-refractivity contribution in [3.05, 3.63) is 35.4 Å². The normalized spacial score (nSPS) is 20.8. The molecule has 1 fully saturated rings. The van der Waals surface area contributed by atoms with Gasteiger partial charge < -0.3 is 5.73 Å². The van der Waals surface area contributed by atoms with Crippen molar-refractivity contribution in [1.29, 1.82) is 0 Å². The third kappa shape index (κ3) is 4.45. The van der Waals surface area contributed by atoms with E-state index < -0.39 is 10.0 Å². The molecule has 2 N–H and O–H groups in total. The van der Waals surface area contributed by atoms with Gasteiger partial charge in [-0.2, -0.15) is 0 Å². The average Bonchev–Trinajstić information content (AvgIpc) is 2.28. The van der Waals surface area contributed by atoms with Crippen molar-refractivity contribution in [3.63, 3.8) is 0 Å². The first-order valence-electron chi connectivity index (χ1n) is 6.26. The van der Waals surface area contributed by atoms with Crippen LogP contribution in [0.4, 0.5) is 0 Å². The van der Waals surface area contributed by atoms with Crippen LogP contribution in [0.2, 0.25) is 0 Å². The first kappa shape index (κ1) is 16.4. The summed E-state index contributed by atoms with van der Waals surface area (Å²) >= 11 is 0. The summed E-state index contributed by atoms with van der Waals surface area (Å²) in [5.41, 5.74) is 7.76. The summed E-state index contributed by atoms with van der Waals surface area (Å²) in [7, 11) is -3.23. The van der Waals surface area contributed by atoms with E-state index in [9.17, 15) is 8.42 Å². The maximum absolute atomic E-state index is 12.3. The van der Waals surface area contributed by atoms with Crippen LogP contribution < -0.4 is 5.73 Å². The van der Waals surface area contributed by atoms with Gasteiger partial charge in [-0.05, 0) is 25.3 Å². The first-order valence-corrected chi connectivity index (χ1v) is 7.87. The second-order valence-corrected chi connectivity index (χ2v) is 6.97. The Kier molecular flexibility index (Phi) is 5.80. The minimum absolute atomic E-state index is 0. The molecule has 1 unspecified atom stereocenters. The number of benzene rings is 1. The van der Waals surface area contributed by atoms with Crippen molar-refractivity contribution in [2.24, 2.45) is 5.73 Å². The Hall–Kier alpha value is -0.620. The topological polar surface area (TPSA) is 63.4 Å². The summed E-state index contributed by atoms with van der Waals surface area (Å²) in [6.07, 6.45) is 1.77. The number of sulfonamides is 1. The van der Waals surface area contributed by atoms with E-state index in [1.807, 2.05) is 31.2 Å². The van der Waals surface area contributed by atoms with Gasteiger partial charge in [-0.3, -0.25) is 0 Å². The van der Waals surface area contributed by atoms with Crippen molar-refractivity contribution in [2.75, 3.05) is 13.1 Å². The maximum atomic E-state index is 12.3. The lowest BCUT2D eigenvalue weighted by molar-refractivity contribution is 0.316. The van der Waals surface area contributed by atoms with E-state index >= 15 is 0 Å². The van der Waals surface area contributed by atoms with E-state index in [0.717, 1.165) is 24.0 Å². The fourth-order valence-corrected chi connectivity index (χ4v) is 3.94. The lowest BCUT2D eigenvalue weighted by atomic mass is 10.1. The minimum atomic E-state index is -3.23. The molecule has 0 aliphatic carbocycles. The van der Waals surface area contributed by atoms with Crippen molar-refractivity contribution >= 4 is 22.4 Å². The first-order chi connectivity index (χ1) is 8.47. The Morgan fingerprint density at radius 2 is 2.16 bits per heavy atom. The number of hydrogen-bond donors (Lipinski definition) is 1. The number of nitrogens with two attached hydrogens (primary N) is 1. The Balaban J connectivity index is 0.00000180. The Labute approximate surface area is 121 Å². The molecule has 1 aliphatic rings. The van der Waals surface area contributed by atoms with Crippen molar-refractivity contribution in [3.8, 4) is 0 Å². The molecule has 2 rings (SSSR count). The summed E-state index contributed by atoms with van der Waals surface area (Å²) in [5, 5.41) is 0. The van der Waals surface area contributed by atoms with Gasteiger partial charge in [0.1, 0.15) is 0 Å².